The quantitative estimate of drug-likeness (QED) is 0.706. The molecule has 0 bridgehead atoms. The fraction of sp³-hybridized carbons (Fsp3) is 0.526. The van der Waals surface area contributed by atoms with Crippen molar-refractivity contribution in [2.75, 3.05) is 13.2 Å². The highest BCUT2D eigenvalue weighted by Gasteiger charge is 2.50. The zero-order valence-electron chi connectivity index (χ0n) is 16.2. The fourth-order valence-electron chi connectivity index (χ4n) is 2.89. The number of benzene rings is 1. The normalized spacial score (nSPS) is 18.4. The molecule has 158 valence electrons. The van der Waals surface area contributed by atoms with Crippen LogP contribution in [0.2, 0.25) is 0 Å². The highest BCUT2D eigenvalue weighted by Crippen LogP contribution is 2.35. The van der Waals surface area contributed by atoms with Gasteiger partial charge < -0.3 is 18.7 Å². The van der Waals surface area contributed by atoms with Gasteiger partial charge >= 0.3 is 6.36 Å². The second-order valence-corrected chi connectivity index (χ2v) is 7.23. The highest BCUT2D eigenvalue weighted by atomic mass is 19.4. The topological polar surface area (TPSA) is 83.7 Å². The summed E-state index contributed by atoms with van der Waals surface area (Å²) in [6.07, 6.45) is -3.86. The van der Waals surface area contributed by atoms with Crippen molar-refractivity contribution in [3.8, 4) is 17.1 Å². The minimum Gasteiger partial charge on any atom is -0.406 e. The monoisotopic (exact) mass is 414 g/mol. The van der Waals surface area contributed by atoms with E-state index >= 15 is 0 Å². The van der Waals surface area contributed by atoms with E-state index in [1.54, 1.807) is 13.8 Å². The molecule has 0 atom stereocenters. The van der Waals surface area contributed by atoms with Crippen LogP contribution in [0.1, 0.15) is 39.5 Å². The van der Waals surface area contributed by atoms with E-state index in [2.05, 4.69) is 14.9 Å². The molecule has 10 heteroatoms. The molecule has 1 aliphatic heterocycles. The van der Waals surface area contributed by atoms with E-state index in [0.717, 1.165) is 12.1 Å². The van der Waals surface area contributed by atoms with Gasteiger partial charge in [0.05, 0.1) is 13.2 Å². The standard InChI is InChI=1S/C19H21F3N2O5/c1-4-5-14(25)18(10-26-17(2,3)27-11-18)16-23-15(24-29-16)12-6-8-13(9-7-12)28-19(20,21)22/h6-9H,4-5,10-11H2,1-3H3. The maximum absolute atomic E-state index is 12.8. The Morgan fingerprint density at radius 3 is 2.34 bits per heavy atom. The molecular formula is C19H21F3N2O5. The number of halogens is 3. The number of ether oxygens (including phenoxy) is 3. The average Bonchev–Trinajstić information content (AvgIpc) is 3.12. The SMILES string of the molecule is CCCC(=O)C1(c2nc(-c3ccc(OC(F)(F)F)cc3)no2)COC(C)(C)OC1. The third-order valence-electron chi connectivity index (χ3n) is 4.52. The van der Waals surface area contributed by atoms with Crippen molar-refractivity contribution >= 4 is 5.78 Å². The molecular weight excluding hydrogens is 393 g/mol. The lowest BCUT2D eigenvalue weighted by atomic mass is 9.81. The lowest BCUT2D eigenvalue weighted by Crippen LogP contribution is -2.53. The largest absolute Gasteiger partial charge is 0.573 e. The Balaban J connectivity index is 1.87. The number of hydrogen-bond acceptors (Lipinski definition) is 7. The van der Waals surface area contributed by atoms with Crippen LogP contribution in [0.4, 0.5) is 13.2 Å². The van der Waals surface area contributed by atoms with Gasteiger partial charge in [0.1, 0.15) is 5.75 Å². The number of ketones is 1. The molecule has 0 N–H and O–H groups in total. The van der Waals surface area contributed by atoms with Gasteiger partial charge in [-0.1, -0.05) is 12.1 Å². The Bertz CT molecular complexity index is 851. The lowest BCUT2D eigenvalue weighted by Gasteiger charge is -2.40. The summed E-state index contributed by atoms with van der Waals surface area (Å²) in [6.45, 7) is 5.41. The molecule has 3 rings (SSSR count). The predicted octanol–water partition coefficient (Wildman–Crippen LogP) is 4.03. The molecule has 0 unspecified atom stereocenters. The molecule has 7 nitrogen and oxygen atoms in total. The minimum atomic E-state index is -4.78. The molecule has 0 radical (unpaired) electrons. The summed E-state index contributed by atoms with van der Waals surface area (Å²) in [5.74, 6) is -1.16. The van der Waals surface area contributed by atoms with Crippen LogP contribution in [0, 0.1) is 0 Å². The first kappa shape index (κ1) is 21.3. The maximum atomic E-state index is 12.8. The third kappa shape index (κ3) is 4.76. The second-order valence-electron chi connectivity index (χ2n) is 7.23. The van der Waals surface area contributed by atoms with E-state index in [1.165, 1.54) is 12.1 Å². The second kappa shape index (κ2) is 7.75. The Morgan fingerprint density at radius 2 is 1.79 bits per heavy atom. The average molecular weight is 414 g/mol. The molecule has 1 fully saturated rings. The van der Waals surface area contributed by atoms with Gasteiger partial charge in [-0.3, -0.25) is 4.79 Å². The summed E-state index contributed by atoms with van der Waals surface area (Å²) in [5, 5.41) is 3.88. The van der Waals surface area contributed by atoms with Gasteiger partial charge in [0.2, 0.25) is 11.7 Å². The number of rotatable bonds is 6. The van der Waals surface area contributed by atoms with Crippen molar-refractivity contribution in [2.24, 2.45) is 0 Å². The zero-order chi connectivity index (χ0) is 21.3. The first-order chi connectivity index (χ1) is 13.5. The first-order valence-electron chi connectivity index (χ1n) is 9.06. The van der Waals surface area contributed by atoms with Gasteiger partial charge in [-0.05, 0) is 44.5 Å². The van der Waals surface area contributed by atoms with Crippen LogP contribution in [-0.2, 0) is 19.7 Å². The summed E-state index contributed by atoms with van der Waals surface area (Å²) in [5.41, 5.74) is -0.818. The maximum Gasteiger partial charge on any atom is 0.573 e. The van der Waals surface area contributed by atoms with Gasteiger partial charge in [0.25, 0.3) is 0 Å². The summed E-state index contributed by atoms with van der Waals surface area (Å²) in [6, 6.07) is 5.03. The van der Waals surface area contributed by atoms with Gasteiger partial charge in [-0.15, -0.1) is 13.2 Å². The molecule has 0 amide bonds. The molecule has 29 heavy (non-hydrogen) atoms. The number of alkyl halides is 3. The highest BCUT2D eigenvalue weighted by molar-refractivity contribution is 5.89. The van der Waals surface area contributed by atoms with Gasteiger partial charge in [0.15, 0.2) is 17.0 Å². The van der Waals surface area contributed by atoms with Crippen LogP contribution in [0.15, 0.2) is 28.8 Å². The Kier molecular flexibility index (Phi) is 5.68. The molecule has 1 aromatic carbocycles. The summed E-state index contributed by atoms with van der Waals surface area (Å²) >= 11 is 0. The summed E-state index contributed by atoms with van der Waals surface area (Å²) in [7, 11) is 0. The summed E-state index contributed by atoms with van der Waals surface area (Å²) < 4.78 is 57.4. The van der Waals surface area contributed by atoms with E-state index in [0.29, 0.717) is 12.0 Å². The van der Waals surface area contributed by atoms with Crippen LogP contribution >= 0.6 is 0 Å². The van der Waals surface area contributed by atoms with Gasteiger partial charge in [0, 0.05) is 12.0 Å². The molecule has 0 spiro atoms. The van der Waals surface area contributed by atoms with Crippen molar-refractivity contribution < 1.29 is 36.7 Å². The Labute approximate surface area is 165 Å². The van der Waals surface area contributed by atoms with Crippen LogP contribution in [-0.4, -0.2) is 41.3 Å². The predicted molar refractivity (Wildman–Crippen MR) is 94.0 cm³/mol. The lowest BCUT2D eigenvalue weighted by molar-refractivity contribution is -0.274. The number of carbonyl (C=O) groups excluding carboxylic acids is 1. The smallest absolute Gasteiger partial charge is 0.406 e. The van der Waals surface area contributed by atoms with Crippen LogP contribution in [0.3, 0.4) is 0 Å². The van der Waals surface area contributed by atoms with Crippen LogP contribution < -0.4 is 4.74 Å². The van der Waals surface area contributed by atoms with E-state index in [9.17, 15) is 18.0 Å². The van der Waals surface area contributed by atoms with Crippen molar-refractivity contribution in [3.63, 3.8) is 0 Å². The number of nitrogens with zero attached hydrogens (tertiary/aromatic N) is 2. The van der Waals surface area contributed by atoms with Crippen molar-refractivity contribution in [3.05, 3.63) is 30.2 Å². The molecule has 1 saturated heterocycles. The van der Waals surface area contributed by atoms with Crippen LogP contribution in [0.25, 0.3) is 11.4 Å². The zero-order valence-corrected chi connectivity index (χ0v) is 16.2. The number of hydrogen-bond donors (Lipinski definition) is 0. The molecule has 1 aromatic heterocycles. The first-order valence-corrected chi connectivity index (χ1v) is 9.06. The minimum absolute atomic E-state index is 0.0266. The molecule has 1 aliphatic rings. The number of carbonyl (C=O) groups is 1. The molecule has 0 aliphatic carbocycles. The number of aromatic nitrogens is 2. The van der Waals surface area contributed by atoms with E-state index in [4.69, 9.17) is 14.0 Å². The van der Waals surface area contributed by atoms with Crippen molar-refractivity contribution in [1.29, 1.82) is 0 Å². The van der Waals surface area contributed by atoms with Crippen molar-refractivity contribution in [2.45, 2.75) is 51.2 Å². The third-order valence-corrected chi connectivity index (χ3v) is 4.52. The van der Waals surface area contributed by atoms with E-state index < -0.39 is 17.6 Å². The van der Waals surface area contributed by atoms with E-state index in [-0.39, 0.29) is 42.9 Å². The van der Waals surface area contributed by atoms with E-state index in [1.807, 2.05) is 6.92 Å². The van der Waals surface area contributed by atoms with Crippen molar-refractivity contribution in [1.82, 2.24) is 10.1 Å². The number of Topliss-reactive ketones (excluding diaryl/α,β-unsaturated/α-hetero) is 1. The fourth-order valence-corrected chi connectivity index (χ4v) is 2.89. The Morgan fingerprint density at radius 1 is 1.17 bits per heavy atom. The molecule has 0 saturated carbocycles. The van der Waals surface area contributed by atoms with Gasteiger partial charge in [-0.25, -0.2) is 0 Å². The molecule has 2 heterocycles. The van der Waals surface area contributed by atoms with Gasteiger partial charge in [-0.2, -0.15) is 4.98 Å². The summed E-state index contributed by atoms with van der Waals surface area (Å²) in [4.78, 5) is 17.2. The van der Waals surface area contributed by atoms with Crippen LogP contribution in [0.5, 0.6) is 5.75 Å². The Hall–Kier alpha value is -2.46. The molecule has 2 aromatic rings.